The number of aliphatic hydroxyl groups is 1. The van der Waals surface area contributed by atoms with Crippen molar-refractivity contribution in [1.29, 1.82) is 0 Å². The fourth-order valence-corrected chi connectivity index (χ4v) is 5.47. The molecule has 3 aliphatic rings. The second-order valence-corrected chi connectivity index (χ2v) is 9.31. The van der Waals surface area contributed by atoms with Crippen molar-refractivity contribution in [2.24, 2.45) is 0 Å². The van der Waals surface area contributed by atoms with Crippen molar-refractivity contribution >= 4 is 23.4 Å². The van der Waals surface area contributed by atoms with Gasteiger partial charge in [-0.15, -0.1) is 0 Å². The van der Waals surface area contributed by atoms with E-state index < -0.39 is 17.7 Å². The van der Waals surface area contributed by atoms with E-state index >= 15 is 0 Å². The lowest BCUT2D eigenvalue weighted by atomic mass is 9.82. The fourth-order valence-electron chi connectivity index (χ4n) is 5.27. The van der Waals surface area contributed by atoms with Gasteiger partial charge in [-0.05, 0) is 35.7 Å². The van der Waals surface area contributed by atoms with Crippen LogP contribution in [0.15, 0.2) is 48.5 Å². The van der Waals surface area contributed by atoms with Gasteiger partial charge in [0, 0.05) is 31.2 Å². The number of fused-ring (bicyclic) bond motifs is 2. The molecule has 168 valence electrons. The summed E-state index contributed by atoms with van der Waals surface area (Å²) < 4.78 is 5.31. The van der Waals surface area contributed by atoms with Crippen LogP contribution < -0.4 is 4.74 Å². The van der Waals surface area contributed by atoms with Gasteiger partial charge in [0.25, 0.3) is 5.91 Å². The average molecular weight is 456 g/mol. The van der Waals surface area contributed by atoms with E-state index in [1.807, 2.05) is 47.4 Å². The Morgan fingerprint density at radius 2 is 1.91 bits per heavy atom. The summed E-state index contributed by atoms with van der Waals surface area (Å²) in [5.74, 6) is 0.351. The summed E-state index contributed by atoms with van der Waals surface area (Å²) in [5.41, 5.74) is 1.05. The van der Waals surface area contributed by atoms with E-state index in [1.54, 1.807) is 13.2 Å². The van der Waals surface area contributed by atoms with Crippen LogP contribution in [0.4, 0.5) is 0 Å². The third-order valence-electron chi connectivity index (χ3n) is 6.82. The van der Waals surface area contributed by atoms with Gasteiger partial charge in [0.05, 0.1) is 25.8 Å². The fraction of sp³-hybridized carbons (Fsp3) is 0.417. The number of halogens is 1. The highest BCUT2D eigenvalue weighted by Crippen LogP contribution is 2.41. The molecule has 0 aromatic heterocycles. The van der Waals surface area contributed by atoms with E-state index in [2.05, 4.69) is 4.90 Å². The van der Waals surface area contributed by atoms with E-state index in [-0.39, 0.29) is 18.4 Å². The Labute approximate surface area is 192 Å². The molecule has 3 heterocycles. The minimum Gasteiger partial charge on any atom is -0.497 e. The van der Waals surface area contributed by atoms with Crippen LogP contribution in [0.25, 0.3) is 0 Å². The molecule has 0 radical (unpaired) electrons. The van der Waals surface area contributed by atoms with Gasteiger partial charge in [-0.25, -0.2) is 0 Å². The predicted molar refractivity (Wildman–Crippen MR) is 119 cm³/mol. The van der Waals surface area contributed by atoms with Crippen LogP contribution in [-0.2, 0) is 22.7 Å². The molecule has 32 heavy (non-hydrogen) atoms. The van der Waals surface area contributed by atoms with Crippen LogP contribution in [-0.4, -0.2) is 76.0 Å². The molecule has 7 nitrogen and oxygen atoms in total. The summed E-state index contributed by atoms with van der Waals surface area (Å²) in [6, 6.07) is 14.7. The molecular weight excluding hydrogens is 430 g/mol. The number of hydrogen-bond acceptors (Lipinski definition) is 6. The van der Waals surface area contributed by atoms with Crippen molar-refractivity contribution in [2.45, 2.75) is 37.2 Å². The first-order chi connectivity index (χ1) is 15.4. The average Bonchev–Trinajstić information content (AvgIpc) is 3.16. The molecule has 1 N–H and O–H groups in total. The van der Waals surface area contributed by atoms with Crippen LogP contribution in [0.3, 0.4) is 0 Å². The molecule has 2 amide bonds. The van der Waals surface area contributed by atoms with E-state index in [0.29, 0.717) is 37.6 Å². The number of rotatable bonds is 5. The molecule has 0 saturated carbocycles. The Balaban J connectivity index is 1.39. The minimum absolute atomic E-state index is 0.148. The van der Waals surface area contributed by atoms with Crippen LogP contribution >= 0.6 is 11.6 Å². The lowest BCUT2D eigenvalue weighted by Crippen LogP contribution is -2.81. The standard InChI is InChI=1S/C24H26ClN3O4/c1-32-19-7-4-5-16(9-19)11-26-14-24(15-26)23(31)27(12-17-6-2-3-8-20(17)25)22(30)21-10-18(29)13-28(21)24/h2-9,18,21,29H,10-15H2,1H3. The number of carbonyl (C=O) groups is 2. The number of methoxy groups -OCH3 is 1. The molecule has 5 rings (SSSR count). The van der Waals surface area contributed by atoms with Crippen LogP contribution in [0.5, 0.6) is 5.75 Å². The van der Waals surface area contributed by atoms with Crippen molar-refractivity contribution in [3.8, 4) is 5.75 Å². The van der Waals surface area contributed by atoms with E-state index in [4.69, 9.17) is 16.3 Å². The van der Waals surface area contributed by atoms with Crippen molar-refractivity contribution in [3.05, 3.63) is 64.7 Å². The second kappa shape index (κ2) is 8.15. The normalized spacial score (nSPS) is 25.2. The van der Waals surface area contributed by atoms with Gasteiger partial charge in [0.15, 0.2) is 0 Å². The summed E-state index contributed by atoms with van der Waals surface area (Å²) in [5, 5.41) is 10.9. The number of piperazine rings is 1. The van der Waals surface area contributed by atoms with Crippen molar-refractivity contribution in [2.75, 3.05) is 26.7 Å². The molecule has 2 aromatic rings. The zero-order valence-electron chi connectivity index (χ0n) is 17.9. The number of hydrogen-bond donors (Lipinski definition) is 1. The zero-order valence-corrected chi connectivity index (χ0v) is 18.7. The summed E-state index contributed by atoms with van der Waals surface area (Å²) in [7, 11) is 1.64. The lowest BCUT2D eigenvalue weighted by Gasteiger charge is -2.58. The van der Waals surface area contributed by atoms with Crippen molar-refractivity contribution < 1.29 is 19.4 Å². The highest BCUT2D eigenvalue weighted by atomic mass is 35.5. The number of amides is 2. The summed E-state index contributed by atoms with van der Waals surface area (Å²) in [4.78, 5) is 32.4. The SMILES string of the molecule is COc1cccc(CN2CC3(C2)C(=O)N(Cc2ccccc2Cl)C(=O)C2CC(O)CN23)c1. The molecule has 2 unspecified atom stereocenters. The van der Waals surface area contributed by atoms with Gasteiger partial charge in [-0.1, -0.05) is 41.9 Å². The number of likely N-dealkylation sites (tertiary alicyclic amines) is 1. The number of ether oxygens (including phenoxy) is 1. The first-order valence-electron chi connectivity index (χ1n) is 10.8. The molecule has 3 fully saturated rings. The van der Waals surface area contributed by atoms with Gasteiger partial charge < -0.3 is 9.84 Å². The maximum Gasteiger partial charge on any atom is 0.252 e. The van der Waals surface area contributed by atoms with Gasteiger partial charge in [-0.2, -0.15) is 0 Å². The number of aliphatic hydroxyl groups excluding tert-OH is 1. The molecule has 0 aliphatic carbocycles. The topological polar surface area (TPSA) is 73.3 Å². The maximum atomic E-state index is 13.7. The van der Waals surface area contributed by atoms with E-state index in [9.17, 15) is 14.7 Å². The maximum absolute atomic E-state index is 13.7. The largest absolute Gasteiger partial charge is 0.497 e. The third kappa shape index (κ3) is 3.49. The van der Waals surface area contributed by atoms with Crippen LogP contribution in [0.1, 0.15) is 17.5 Å². The quantitative estimate of drug-likeness (QED) is 0.694. The molecule has 2 aromatic carbocycles. The number of β-amino-alcohol motifs (C(OH)–C–C–N with tert-alkyl or cyclic N) is 1. The summed E-state index contributed by atoms with van der Waals surface area (Å²) in [6.45, 7) is 2.20. The number of imide groups is 1. The summed E-state index contributed by atoms with van der Waals surface area (Å²) >= 11 is 6.31. The third-order valence-corrected chi connectivity index (χ3v) is 7.19. The second-order valence-electron chi connectivity index (χ2n) is 8.91. The first-order valence-corrected chi connectivity index (χ1v) is 11.2. The number of carbonyl (C=O) groups excluding carboxylic acids is 2. The van der Waals surface area contributed by atoms with Crippen molar-refractivity contribution in [3.63, 3.8) is 0 Å². The predicted octanol–water partition coefficient (Wildman–Crippen LogP) is 1.91. The van der Waals surface area contributed by atoms with Gasteiger partial charge in [0.1, 0.15) is 11.3 Å². The molecule has 3 aliphatic heterocycles. The Kier molecular flexibility index (Phi) is 5.45. The molecule has 2 atom stereocenters. The monoisotopic (exact) mass is 455 g/mol. The molecule has 3 saturated heterocycles. The molecule has 8 heteroatoms. The Morgan fingerprint density at radius 1 is 1.12 bits per heavy atom. The van der Waals surface area contributed by atoms with Gasteiger partial charge >= 0.3 is 0 Å². The summed E-state index contributed by atoms with van der Waals surface area (Å²) in [6.07, 6.45) is -0.260. The molecule has 0 bridgehead atoms. The van der Waals surface area contributed by atoms with Crippen molar-refractivity contribution in [1.82, 2.24) is 14.7 Å². The first kappa shape index (κ1) is 21.4. The van der Waals surface area contributed by atoms with Crippen LogP contribution in [0.2, 0.25) is 5.02 Å². The lowest BCUT2D eigenvalue weighted by molar-refractivity contribution is -0.181. The van der Waals surface area contributed by atoms with E-state index in [1.165, 1.54) is 4.90 Å². The molecule has 1 spiro atoms. The smallest absolute Gasteiger partial charge is 0.252 e. The van der Waals surface area contributed by atoms with Crippen LogP contribution in [0, 0.1) is 0 Å². The minimum atomic E-state index is -0.795. The molecular formula is C24H26ClN3O4. The Hall–Kier alpha value is -2.45. The van der Waals surface area contributed by atoms with Gasteiger partial charge in [-0.3, -0.25) is 24.3 Å². The highest BCUT2D eigenvalue weighted by molar-refractivity contribution is 6.31. The zero-order chi connectivity index (χ0) is 22.5. The highest BCUT2D eigenvalue weighted by Gasteiger charge is 2.64. The van der Waals surface area contributed by atoms with Gasteiger partial charge in [0.2, 0.25) is 5.91 Å². The number of nitrogens with zero attached hydrogens (tertiary/aromatic N) is 3. The Bertz CT molecular complexity index is 1060. The number of benzene rings is 2. The Morgan fingerprint density at radius 3 is 2.66 bits per heavy atom. The van der Waals surface area contributed by atoms with E-state index in [0.717, 1.165) is 16.9 Å².